The summed E-state index contributed by atoms with van der Waals surface area (Å²) in [6.45, 7) is 1.53. The predicted octanol–water partition coefficient (Wildman–Crippen LogP) is 2.27. The summed E-state index contributed by atoms with van der Waals surface area (Å²) in [6.07, 6.45) is 4.20. The first-order valence-corrected chi connectivity index (χ1v) is 8.45. The highest BCUT2D eigenvalue weighted by Crippen LogP contribution is 2.14. The smallest absolute Gasteiger partial charge is 0.217 e. The van der Waals surface area contributed by atoms with Crippen molar-refractivity contribution in [2.24, 2.45) is 0 Å². The number of hydrogen-bond donors (Lipinski definition) is 0. The molecule has 2 rings (SSSR count). The Hall–Kier alpha value is -1.07. The van der Waals surface area contributed by atoms with Gasteiger partial charge in [0, 0.05) is 13.1 Å². The average Bonchev–Trinajstić information content (AvgIpc) is 2.69. The molecule has 1 heterocycles. The predicted molar refractivity (Wildman–Crippen MR) is 75.8 cm³/mol. The van der Waals surface area contributed by atoms with Crippen molar-refractivity contribution in [2.75, 3.05) is 25.4 Å². The summed E-state index contributed by atoms with van der Waals surface area (Å²) in [5.74, 6) is 0.774. The van der Waals surface area contributed by atoms with Gasteiger partial charge in [-0.2, -0.15) is 0 Å². The molecule has 1 fully saturated rings. The number of ether oxygens (including phenoxy) is 1. The molecule has 5 heteroatoms. The Morgan fingerprint density at radius 3 is 2.26 bits per heavy atom. The topological polar surface area (TPSA) is 46.6 Å². The second-order valence-electron chi connectivity index (χ2n) is 4.79. The highest BCUT2D eigenvalue weighted by Gasteiger charge is 2.22. The van der Waals surface area contributed by atoms with Crippen molar-refractivity contribution in [2.45, 2.75) is 25.7 Å². The van der Waals surface area contributed by atoms with Crippen molar-refractivity contribution in [1.82, 2.24) is 4.31 Å². The average molecular weight is 283 g/mol. The van der Waals surface area contributed by atoms with Gasteiger partial charge in [-0.3, -0.25) is 0 Å². The van der Waals surface area contributed by atoms with Crippen LogP contribution in [0, 0.1) is 0 Å². The Kier molecular flexibility index (Phi) is 5.22. The van der Waals surface area contributed by atoms with Crippen LogP contribution in [-0.2, 0) is 10.0 Å². The molecular weight excluding hydrogens is 262 g/mol. The highest BCUT2D eigenvalue weighted by atomic mass is 32.2. The third kappa shape index (κ3) is 4.51. The lowest BCUT2D eigenvalue weighted by Crippen LogP contribution is -2.35. The van der Waals surface area contributed by atoms with Gasteiger partial charge >= 0.3 is 0 Å². The van der Waals surface area contributed by atoms with Crippen molar-refractivity contribution in [1.29, 1.82) is 0 Å². The molecule has 1 aromatic rings. The molecule has 1 aliphatic rings. The molecule has 0 amide bonds. The molecule has 0 aliphatic carbocycles. The minimum absolute atomic E-state index is 0.0574. The van der Waals surface area contributed by atoms with Gasteiger partial charge in [-0.05, 0) is 25.0 Å². The second-order valence-corrected chi connectivity index (χ2v) is 6.88. The van der Waals surface area contributed by atoms with Gasteiger partial charge in [0.2, 0.25) is 10.0 Å². The van der Waals surface area contributed by atoms with Crippen molar-refractivity contribution < 1.29 is 13.2 Å². The number of para-hydroxylation sites is 1. The van der Waals surface area contributed by atoms with Crippen LogP contribution in [0.1, 0.15) is 25.7 Å². The number of rotatable bonds is 5. The molecule has 4 nitrogen and oxygen atoms in total. The van der Waals surface area contributed by atoms with E-state index in [0.29, 0.717) is 18.8 Å². The normalized spacial score (nSPS) is 17.9. The molecule has 0 radical (unpaired) electrons. The largest absolute Gasteiger partial charge is 0.492 e. The Balaban J connectivity index is 1.83. The van der Waals surface area contributed by atoms with Crippen LogP contribution in [0.4, 0.5) is 0 Å². The van der Waals surface area contributed by atoms with Crippen molar-refractivity contribution in [3.63, 3.8) is 0 Å². The van der Waals surface area contributed by atoms with E-state index < -0.39 is 10.0 Å². The molecule has 0 unspecified atom stereocenters. The van der Waals surface area contributed by atoms with Gasteiger partial charge in [-0.25, -0.2) is 12.7 Å². The lowest BCUT2D eigenvalue weighted by atomic mass is 10.2. The summed E-state index contributed by atoms with van der Waals surface area (Å²) in [7, 11) is -3.17. The second kappa shape index (κ2) is 6.91. The fraction of sp³-hybridized carbons (Fsp3) is 0.571. The third-order valence-electron chi connectivity index (χ3n) is 3.31. The fourth-order valence-electron chi connectivity index (χ4n) is 2.23. The van der Waals surface area contributed by atoms with E-state index in [1.54, 1.807) is 4.31 Å². The Bertz CT molecular complexity index is 465. The van der Waals surface area contributed by atoms with Gasteiger partial charge < -0.3 is 4.74 Å². The van der Waals surface area contributed by atoms with Crippen molar-refractivity contribution >= 4 is 10.0 Å². The van der Waals surface area contributed by atoms with E-state index in [0.717, 1.165) is 25.7 Å². The van der Waals surface area contributed by atoms with E-state index >= 15 is 0 Å². The number of benzene rings is 1. The molecule has 1 saturated heterocycles. The van der Waals surface area contributed by atoms with Crippen LogP contribution in [0.25, 0.3) is 0 Å². The molecule has 106 valence electrons. The van der Waals surface area contributed by atoms with E-state index in [1.165, 1.54) is 0 Å². The summed E-state index contributed by atoms with van der Waals surface area (Å²) in [5.41, 5.74) is 0. The van der Waals surface area contributed by atoms with Crippen LogP contribution >= 0.6 is 0 Å². The standard InChI is InChI=1S/C14H21NO3S/c16-19(17,15-10-6-1-2-7-11-15)13-12-18-14-8-4-3-5-9-14/h3-5,8-9H,1-2,6-7,10-13H2. The fourth-order valence-corrected chi connectivity index (χ4v) is 3.60. The lowest BCUT2D eigenvalue weighted by molar-refractivity contribution is 0.334. The maximum Gasteiger partial charge on any atom is 0.217 e. The molecule has 0 spiro atoms. The molecule has 1 aromatic carbocycles. The first kappa shape index (κ1) is 14.3. The Labute approximate surface area is 115 Å². The summed E-state index contributed by atoms with van der Waals surface area (Å²) in [5, 5.41) is 0. The zero-order chi connectivity index (χ0) is 13.6. The minimum Gasteiger partial charge on any atom is -0.492 e. The van der Waals surface area contributed by atoms with Gasteiger partial charge in [-0.1, -0.05) is 31.0 Å². The zero-order valence-electron chi connectivity index (χ0n) is 11.1. The first-order chi connectivity index (χ1) is 9.18. The summed E-state index contributed by atoms with van der Waals surface area (Å²) < 4.78 is 31.4. The van der Waals surface area contributed by atoms with Gasteiger partial charge in [0.1, 0.15) is 12.4 Å². The van der Waals surface area contributed by atoms with Crippen LogP contribution in [-0.4, -0.2) is 38.2 Å². The summed E-state index contributed by atoms with van der Waals surface area (Å²) in [4.78, 5) is 0. The number of sulfonamides is 1. The molecule has 0 aromatic heterocycles. The monoisotopic (exact) mass is 283 g/mol. The third-order valence-corrected chi connectivity index (χ3v) is 5.15. The summed E-state index contributed by atoms with van der Waals surface area (Å²) >= 11 is 0. The Morgan fingerprint density at radius 2 is 1.63 bits per heavy atom. The number of nitrogens with zero attached hydrogens (tertiary/aromatic N) is 1. The Morgan fingerprint density at radius 1 is 1.00 bits per heavy atom. The van der Waals surface area contributed by atoms with E-state index in [2.05, 4.69) is 0 Å². The van der Waals surface area contributed by atoms with Crippen molar-refractivity contribution in [3.8, 4) is 5.75 Å². The van der Waals surface area contributed by atoms with E-state index in [4.69, 9.17) is 4.74 Å². The van der Waals surface area contributed by atoms with E-state index in [1.807, 2.05) is 30.3 Å². The van der Waals surface area contributed by atoms with E-state index in [-0.39, 0.29) is 12.4 Å². The van der Waals surface area contributed by atoms with Gasteiger partial charge in [0.25, 0.3) is 0 Å². The highest BCUT2D eigenvalue weighted by molar-refractivity contribution is 7.89. The molecule has 19 heavy (non-hydrogen) atoms. The first-order valence-electron chi connectivity index (χ1n) is 6.84. The molecule has 0 atom stereocenters. The summed E-state index contributed by atoms with van der Waals surface area (Å²) in [6, 6.07) is 9.31. The zero-order valence-corrected chi connectivity index (χ0v) is 11.9. The van der Waals surface area contributed by atoms with Crippen molar-refractivity contribution in [3.05, 3.63) is 30.3 Å². The van der Waals surface area contributed by atoms with Crippen LogP contribution < -0.4 is 4.74 Å². The van der Waals surface area contributed by atoms with Crippen LogP contribution in [0.3, 0.4) is 0 Å². The SMILES string of the molecule is O=S(=O)(CCOc1ccccc1)N1CCCCCC1. The maximum atomic E-state index is 12.2. The molecule has 0 N–H and O–H groups in total. The molecule has 0 saturated carbocycles. The quantitative estimate of drug-likeness (QED) is 0.833. The van der Waals surface area contributed by atoms with E-state index in [9.17, 15) is 8.42 Å². The van der Waals surface area contributed by atoms with Crippen LogP contribution in [0.5, 0.6) is 5.75 Å². The molecule has 1 aliphatic heterocycles. The van der Waals surface area contributed by atoms with Gasteiger partial charge in [0.05, 0.1) is 5.75 Å². The van der Waals surface area contributed by atoms with Gasteiger partial charge in [-0.15, -0.1) is 0 Å². The lowest BCUT2D eigenvalue weighted by Gasteiger charge is -2.19. The minimum atomic E-state index is -3.17. The van der Waals surface area contributed by atoms with Crippen LogP contribution in [0.2, 0.25) is 0 Å². The van der Waals surface area contributed by atoms with Gasteiger partial charge in [0.15, 0.2) is 0 Å². The van der Waals surface area contributed by atoms with Crippen LogP contribution in [0.15, 0.2) is 30.3 Å². The number of hydrogen-bond acceptors (Lipinski definition) is 3. The molecular formula is C14H21NO3S. The molecule has 0 bridgehead atoms. The maximum absolute atomic E-state index is 12.2.